The summed E-state index contributed by atoms with van der Waals surface area (Å²) in [5.41, 5.74) is 6.44. The van der Waals surface area contributed by atoms with Crippen LogP contribution in [-0.2, 0) is 4.79 Å². The summed E-state index contributed by atoms with van der Waals surface area (Å²) in [6, 6.07) is -0.107. The zero-order chi connectivity index (χ0) is 13.7. The molecule has 1 amide bonds. The van der Waals surface area contributed by atoms with Crippen LogP contribution in [0, 0.1) is 22.7 Å². The molecule has 0 heterocycles. The van der Waals surface area contributed by atoms with E-state index in [1.165, 1.54) is 19.3 Å². The van der Waals surface area contributed by atoms with Crippen LogP contribution in [0.15, 0.2) is 0 Å². The second-order valence-corrected chi connectivity index (χ2v) is 7.63. The molecule has 0 radical (unpaired) electrons. The Bertz CT molecular complexity index is 346. The van der Waals surface area contributed by atoms with Crippen molar-refractivity contribution in [3.63, 3.8) is 0 Å². The molecule has 18 heavy (non-hydrogen) atoms. The van der Waals surface area contributed by atoms with Gasteiger partial charge in [0.1, 0.15) is 0 Å². The number of rotatable bonds is 3. The van der Waals surface area contributed by atoms with E-state index in [9.17, 15) is 4.79 Å². The number of nitrogens with two attached hydrogens (primary N) is 1. The third-order valence-corrected chi connectivity index (χ3v) is 5.58. The van der Waals surface area contributed by atoms with Crippen LogP contribution in [0.3, 0.4) is 0 Å². The van der Waals surface area contributed by atoms with Crippen LogP contribution in [-0.4, -0.2) is 18.0 Å². The van der Waals surface area contributed by atoms with E-state index in [2.05, 4.69) is 26.1 Å². The molecule has 104 valence electrons. The Kier molecular flexibility index (Phi) is 3.25. The fourth-order valence-corrected chi connectivity index (χ4v) is 4.20. The molecule has 2 rings (SSSR count). The summed E-state index contributed by atoms with van der Waals surface area (Å²) in [5.74, 6) is 0.972. The molecule has 2 aliphatic rings. The molecule has 0 spiro atoms. The first-order valence-electron chi connectivity index (χ1n) is 7.24. The highest BCUT2D eigenvalue weighted by atomic mass is 16.2. The first-order chi connectivity index (χ1) is 8.18. The third kappa shape index (κ3) is 1.97. The summed E-state index contributed by atoms with van der Waals surface area (Å²) in [5, 5.41) is 3.26. The maximum Gasteiger partial charge on any atom is 0.237 e. The highest BCUT2D eigenvalue weighted by molar-refractivity contribution is 5.82. The molecule has 0 aliphatic heterocycles. The molecule has 3 unspecified atom stereocenters. The number of hydrogen-bond donors (Lipinski definition) is 2. The highest BCUT2D eigenvalue weighted by Crippen LogP contribution is 2.62. The minimum Gasteiger partial charge on any atom is -0.351 e. The van der Waals surface area contributed by atoms with Crippen molar-refractivity contribution in [3.8, 4) is 0 Å². The van der Waals surface area contributed by atoms with Crippen LogP contribution in [0.5, 0.6) is 0 Å². The van der Waals surface area contributed by atoms with E-state index in [-0.39, 0.29) is 34.7 Å². The van der Waals surface area contributed by atoms with Crippen molar-refractivity contribution in [3.05, 3.63) is 0 Å². The van der Waals surface area contributed by atoms with E-state index >= 15 is 0 Å². The SMILES string of the molecule is CC(C)[C@@H](N)C(=O)NC1C2(C)CCC(C2)C1(C)C. The fraction of sp³-hybridized carbons (Fsp3) is 0.933. The molecule has 0 aromatic rings. The molecule has 2 saturated carbocycles. The van der Waals surface area contributed by atoms with E-state index < -0.39 is 0 Å². The molecular formula is C15H28N2O. The molecule has 2 fully saturated rings. The molecule has 3 nitrogen and oxygen atoms in total. The molecule has 4 atom stereocenters. The predicted octanol–water partition coefficient (Wildman–Crippen LogP) is 2.30. The molecule has 0 saturated heterocycles. The van der Waals surface area contributed by atoms with Gasteiger partial charge in [0.2, 0.25) is 5.91 Å². The average Bonchev–Trinajstić information content (AvgIpc) is 2.74. The Morgan fingerprint density at radius 3 is 2.39 bits per heavy atom. The number of nitrogens with one attached hydrogen (secondary N) is 1. The van der Waals surface area contributed by atoms with Crippen molar-refractivity contribution >= 4 is 5.91 Å². The van der Waals surface area contributed by atoms with Crippen molar-refractivity contribution in [1.29, 1.82) is 0 Å². The Balaban J connectivity index is 2.12. The van der Waals surface area contributed by atoms with E-state index in [1.54, 1.807) is 0 Å². The van der Waals surface area contributed by atoms with Gasteiger partial charge in [0.25, 0.3) is 0 Å². The smallest absolute Gasteiger partial charge is 0.237 e. The minimum absolute atomic E-state index is 0.0249. The summed E-state index contributed by atoms with van der Waals surface area (Å²) in [6.07, 6.45) is 3.80. The van der Waals surface area contributed by atoms with Crippen LogP contribution in [0.4, 0.5) is 0 Å². The third-order valence-electron chi connectivity index (χ3n) is 5.58. The average molecular weight is 252 g/mol. The van der Waals surface area contributed by atoms with Gasteiger partial charge in [-0.1, -0.05) is 34.6 Å². The van der Waals surface area contributed by atoms with E-state index in [1.807, 2.05) is 13.8 Å². The molecule has 2 bridgehead atoms. The van der Waals surface area contributed by atoms with Crippen LogP contribution in [0.2, 0.25) is 0 Å². The number of amides is 1. The van der Waals surface area contributed by atoms with Crippen molar-refractivity contribution < 1.29 is 4.79 Å². The van der Waals surface area contributed by atoms with Crippen molar-refractivity contribution in [2.24, 2.45) is 28.4 Å². The Morgan fingerprint density at radius 2 is 1.94 bits per heavy atom. The first-order valence-corrected chi connectivity index (χ1v) is 7.24. The first kappa shape index (κ1) is 13.9. The molecule has 2 aliphatic carbocycles. The summed E-state index contributed by atoms with van der Waals surface area (Å²) in [7, 11) is 0. The molecule has 3 N–H and O–H groups in total. The zero-order valence-electron chi connectivity index (χ0n) is 12.4. The Hall–Kier alpha value is -0.570. The van der Waals surface area contributed by atoms with Crippen LogP contribution in [0.25, 0.3) is 0 Å². The second-order valence-electron chi connectivity index (χ2n) is 7.63. The van der Waals surface area contributed by atoms with Gasteiger partial charge in [0.05, 0.1) is 6.04 Å². The molecular weight excluding hydrogens is 224 g/mol. The lowest BCUT2D eigenvalue weighted by molar-refractivity contribution is -0.126. The summed E-state index contributed by atoms with van der Waals surface area (Å²) in [6.45, 7) is 10.9. The lowest BCUT2D eigenvalue weighted by Crippen LogP contribution is -2.56. The van der Waals surface area contributed by atoms with Crippen LogP contribution < -0.4 is 11.1 Å². The maximum atomic E-state index is 12.2. The predicted molar refractivity (Wildman–Crippen MR) is 74.0 cm³/mol. The van der Waals surface area contributed by atoms with Crippen molar-refractivity contribution in [2.75, 3.05) is 0 Å². The Labute approximate surface area is 111 Å². The Morgan fingerprint density at radius 1 is 1.33 bits per heavy atom. The monoisotopic (exact) mass is 252 g/mol. The van der Waals surface area contributed by atoms with Crippen molar-refractivity contribution in [1.82, 2.24) is 5.32 Å². The van der Waals surface area contributed by atoms with Crippen molar-refractivity contribution in [2.45, 2.75) is 66.0 Å². The standard InChI is InChI=1S/C15H28N2O/c1-9(2)11(16)12(18)17-13-14(3,4)10-6-7-15(13,5)8-10/h9-11,13H,6-8,16H2,1-5H3,(H,17,18)/t10?,11-,13?,15?/m1/s1. The van der Waals surface area contributed by atoms with Gasteiger partial charge in [-0.15, -0.1) is 0 Å². The largest absolute Gasteiger partial charge is 0.351 e. The van der Waals surface area contributed by atoms with E-state index in [4.69, 9.17) is 5.73 Å². The van der Waals surface area contributed by atoms with Crippen LogP contribution in [0.1, 0.15) is 53.9 Å². The number of hydrogen-bond acceptors (Lipinski definition) is 2. The number of fused-ring (bicyclic) bond motifs is 2. The van der Waals surface area contributed by atoms with Gasteiger partial charge in [-0.2, -0.15) is 0 Å². The zero-order valence-corrected chi connectivity index (χ0v) is 12.4. The van der Waals surface area contributed by atoms with Gasteiger partial charge in [-0.3, -0.25) is 4.79 Å². The fourth-order valence-electron chi connectivity index (χ4n) is 4.20. The lowest BCUT2D eigenvalue weighted by atomic mass is 9.68. The van der Waals surface area contributed by atoms with Gasteiger partial charge in [0.15, 0.2) is 0 Å². The molecule has 0 aromatic carbocycles. The number of carbonyl (C=O) groups excluding carboxylic acids is 1. The highest BCUT2D eigenvalue weighted by Gasteiger charge is 2.59. The van der Waals surface area contributed by atoms with Gasteiger partial charge in [0, 0.05) is 6.04 Å². The molecule has 3 heteroatoms. The second kappa shape index (κ2) is 4.22. The topological polar surface area (TPSA) is 55.1 Å². The van der Waals surface area contributed by atoms with Gasteiger partial charge in [-0.25, -0.2) is 0 Å². The van der Waals surface area contributed by atoms with E-state index in [0.717, 1.165) is 5.92 Å². The quantitative estimate of drug-likeness (QED) is 0.810. The lowest BCUT2D eigenvalue weighted by Gasteiger charge is -2.43. The normalized spacial score (nSPS) is 39.1. The van der Waals surface area contributed by atoms with E-state index in [0.29, 0.717) is 0 Å². The summed E-state index contributed by atoms with van der Waals surface area (Å²) >= 11 is 0. The van der Waals surface area contributed by atoms with Gasteiger partial charge >= 0.3 is 0 Å². The van der Waals surface area contributed by atoms with Crippen LogP contribution >= 0.6 is 0 Å². The molecule has 0 aromatic heterocycles. The van der Waals surface area contributed by atoms with Gasteiger partial charge < -0.3 is 11.1 Å². The summed E-state index contributed by atoms with van der Waals surface area (Å²) in [4.78, 5) is 12.2. The number of carbonyl (C=O) groups is 1. The minimum atomic E-state index is -0.386. The van der Waals surface area contributed by atoms with Gasteiger partial charge in [-0.05, 0) is 41.9 Å². The maximum absolute atomic E-state index is 12.2. The summed E-state index contributed by atoms with van der Waals surface area (Å²) < 4.78 is 0.